The number of carbonyl (C=O) groups excluding carboxylic acids is 1. The molecular formula is C22H24F2N6O. The highest BCUT2D eigenvalue weighted by Crippen LogP contribution is 2.34. The lowest BCUT2D eigenvalue weighted by atomic mass is 10.1. The minimum Gasteiger partial charge on any atom is -0.365 e. The van der Waals surface area contributed by atoms with Crippen LogP contribution in [0.2, 0.25) is 0 Å². The Balaban J connectivity index is 1.31. The summed E-state index contributed by atoms with van der Waals surface area (Å²) in [6.45, 7) is 4.88. The number of aryl methyl sites for hydroxylation is 1. The van der Waals surface area contributed by atoms with E-state index in [1.54, 1.807) is 6.07 Å². The van der Waals surface area contributed by atoms with E-state index in [0.717, 1.165) is 74.7 Å². The predicted molar refractivity (Wildman–Crippen MR) is 113 cm³/mol. The van der Waals surface area contributed by atoms with Crippen molar-refractivity contribution in [1.82, 2.24) is 19.4 Å². The number of amides is 1. The molecule has 2 aromatic heterocycles. The summed E-state index contributed by atoms with van der Waals surface area (Å²) in [5.74, 6) is -1.21. The summed E-state index contributed by atoms with van der Waals surface area (Å²) in [5, 5.41) is 0. The highest BCUT2D eigenvalue weighted by Gasteiger charge is 2.29. The zero-order valence-electron chi connectivity index (χ0n) is 17.2. The second kappa shape index (κ2) is 7.88. The van der Waals surface area contributed by atoms with E-state index in [0.29, 0.717) is 17.5 Å². The molecule has 162 valence electrons. The van der Waals surface area contributed by atoms with Crippen LogP contribution in [-0.4, -0.2) is 58.1 Å². The summed E-state index contributed by atoms with van der Waals surface area (Å²) >= 11 is 0. The van der Waals surface area contributed by atoms with Gasteiger partial charge in [0, 0.05) is 45.0 Å². The van der Waals surface area contributed by atoms with Gasteiger partial charge in [0.15, 0.2) is 17.5 Å². The molecule has 0 radical (unpaired) electrons. The standard InChI is InChI=1S/C22H24F2N6O/c23-15-4-3-14(12-16(15)24)5-7-28-8-10-29(11-9-28)22-20-19(26-13-27-22)18(21(25)31)17-2-1-6-30(17)20/h3-4,12-13H,1-2,5-11H2,(H2,25,31). The summed E-state index contributed by atoms with van der Waals surface area (Å²) in [6.07, 6.45) is 3.99. The van der Waals surface area contributed by atoms with Gasteiger partial charge < -0.3 is 15.2 Å². The van der Waals surface area contributed by atoms with E-state index in [9.17, 15) is 13.6 Å². The molecule has 2 N–H and O–H groups in total. The Bertz CT molecular complexity index is 1150. The first-order valence-electron chi connectivity index (χ1n) is 10.6. The number of piperazine rings is 1. The number of carbonyl (C=O) groups is 1. The second-order valence-corrected chi connectivity index (χ2v) is 8.16. The Morgan fingerprint density at radius 1 is 1.06 bits per heavy atom. The first-order chi connectivity index (χ1) is 15.0. The molecule has 31 heavy (non-hydrogen) atoms. The fourth-order valence-corrected chi connectivity index (χ4v) is 4.77. The summed E-state index contributed by atoms with van der Waals surface area (Å²) in [4.78, 5) is 25.6. The van der Waals surface area contributed by atoms with E-state index >= 15 is 0 Å². The monoisotopic (exact) mass is 426 g/mol. The van der Waals surface area contributed by atoms with Crippen LogP contribution >= 0.6 is 0 Å². The average Bonchev–Trinajstić information content (AvgIpc) is 3.35. The highest BCUT2D eigenvalue weighted by atomic mass is 19.2. The Labute approximate surface area is 178 Å². The van der Waals surface area contributed by atoms with Crippen LogP contribution in [0.5, 0.6) is 0 Å². The number of halogens is 2. The topological polar surface area (TPSA) is 80.3 Å². The minimum absolute atomic E-state index is 0.438. The number of benzene rings is 1. The number of hydrogen-bond donors (Lipinski definition) is 1. The molecular weight excluding hydrogens is 402 g/mol. The summed E-state index contributed by atoms with van der Waals surface area (Å²) in [5.41, 5.74) is 9.50. The Morgan fingerprint density at radius 2 is 1.87 bits per heavy atom. The smallest absolute Gasteiger partial charge is 0.252 e. The molecule has 5 rings (SSSR count). The maximum absolute atomic E-state index is 13.4. The van der Waals surface area contributed by atoms with Crippen LogP contribution < -0.4 is 10.6 Å². The molecule has 0 bridgehead atoms. The Kier molecular flexibility index (Phi) is 5.05. The average molecular weight is 426 g/mol. The largest absolute Gasteiger partial charge is 0.365 e. The van der Waals surface area contributed by atoms with E-state index in [4.69, 9.17) is 5.73 Å². The van der Waals surface area contributed by atoms with Crippen molar-refractivity contribution in [3.05, 3.63) is 53.0 Å². The molecule has 0 saturated carbocycles. The third-order valence-corrected chi connectivity index (χ3v) is 6.34. The lowest BCUT2D eigenvalue weighted by molar-refractivity contribution is 0.100. The molecule has 3 aromatic rings. The Morgan fingerprint density at radius 3 is 2.61 bits per heavy atom. The van der Waals surface area contributed by atoms with Gasteiger partial charge in [-0.1, -0.05) is 6.07 Å². The van der Waals surface area contributed by atoms with E-state index in [1.807, 2.05) is 0 Å². The van der Waals surface area contributed by atoms with Crippen LogP contribution in [0.3, 0.4) is 0 Å². The minimum atomic E-state index is -0.815. The lowest BCUT2D eigenvalue weighted by Crippen LogP contribution is -2.47. The molecule has 9 heteroatoms. The number of aromatic nitrogens is 3. The number of rotatable bonds is 5. The third kappa shape index (κ3) is 3.52. The molecule has 2 aliphatic heterocycles. The van der Waals surface area contributed by atoms with Crippen LogP contribution in [-0.2, 0) is 19.4 Å². The number of primary amides is 1. The normalized spacial score (nSPS) is 16.8. The van der Waals surface area contributed by atoms with Crippen LogP contribution in [0, 0.1) is 11.6 Å². The fourth-order valence-electron chi connectivity index (χ4n) is 4.77. The van der Waals surface area contributed by atoms with E-state index in [-0.39, 0.29) is 0 Å². The van der Waals surface area contributed by atoms with Crippen molar-refractivity contribution in [3.63, 3.8) is 0 Å². The molecule has 4 heterocycles. The van der Waals surface area contributed by atoms with Gasteiger partial charge in [0.2, 0.25) is 0 Å². The molecule has 1 aromatic carbocycles. The van der Waals surface area contributed by atoms with E-state index in [1.165, 1.54) is 18.5 Å². The van der Waals surface area contributed by atoms with Gasteiger partial charge in [0.1, 0.15) is 17.4 Å². The first-order valence-corrected chi connectivity index (χ1v) is 10.6. The first kappa shape index (κ1) is 19.9. The summed E-state index contributed by atoms with van der Waals surface area (Å²) in [6, 6.07) is 4.09. The van der Waals surface area contributed by atoms with Crippen molar-refractivity contribution in [2.24, 2.45) is 5.73 Å². The second-order valence-electron chi connectivity index (χ2n) is 8.16. The Hall–Kier alpha value is -3.07. The van der Waals surface area contributed by atoms with Gasteiger partial charge >= 0.3 is 0 Å². The molecule has 0 unspecified atom stereocenters. The zero-order chi connectivity index (χ0) is 21.5. The number of anilines is 1. The molecule has 1 amide bonds. The highest BCUT2D eigenvalue weighted by molar-refractivity contribution is 6.08. The van der Waals surface area contributed by atoms with Crippen molar-refractivity contribution >= 4 is 22.8 Å². The van der Waals surface area contributed by atoms with Crippen molar-refractivity contribution < 1.29 is 13.6 Å². The lowest BCUT2D eigenvalue weighted by Gasteiger charge is -2.35. The molecule has 2 aliphatic rings. The van der Waals surface area contributed by atoms with Gasteiger partial charge in [0.25, 0.3) is 5.91 Å². The number of hydrogen-bond acceptors (Lipinski definition) is 5. The zero-order valence-corrected chi connectivity index (χ0v) is 17.2. The molecule has 0 spiro atoms. The van der Waals surface area contributed by atoms with Crippen molar-refractivity contribution in [3.8, 4) is 0 Å². The quantitative estimate of drug-likeness (QED) is 0.676. The molecule has 1 fully saturated rings. The number of fused-ring (bicyclic) bond motifs is 3. The van der Waals surface area contributed by atoms with Crippen molar-refractivity contribution in [2.75, 3.05) is 37.6 Å². The van der Waals surface area contributed by atoms with Gasteiger partial charge in [-0.3, -0.25) is 9.69 Å². The predicted octanol–water partition coefficient (Wildman–Crippen LogP) is 2.12. The van der Waals surface area contributed by atoms with E-state index in [2.05, 4.69) is 24.3 Å². The van der Waals surface area contributed by atoms with Crippen molar-refractivity contribution in [1.29, 1.82) is 0 Å². The van der Waals surface area contributed by atoms with Crippen LogP contribution in [0.15, 0.2) is 24.5 Å². The summed E-state index contributed by atoms with van der Waals surface area (Å²) < 4.78 is 28.7. The van der Waals surface area contributed by atoms with E-state index < -0.39 is 17.5 Å². The third-order valence-electron chi connectivity index (χ3n) is 6.34. The molecule has 0 atom stereocenters. The fraction of sp³-hybridized carbons (Fsp3) is 0.409. The molecule has 1 saturated heterocycles. The van der Waals surface area contributed by atoms with Crippen LogP contribution in [0.1, 0.15) is 28.0 Å². The molecule has 7 nitrogen and oxygen atoms in total. The number of nitrogens with zero attached hydrogens (tertiary/aromatic N) is 5. The van der Waals surface area contributed by atoms with Crippen LogP contribution in [0.25, 0.3) is 11.0 Å². The SMILES string of the molecule is NC(=O)c1c2n(c3c(N4CCN(CCc5ccc(F)c(F)c5)CC4)ncnc13)CCC2. The van der Waals surface area contributed by atoms with Gasteiger partial charge in [-0.25, -0.2) is 18.7 Å². The van der Waals surface area contributed by atoms with Crippen LogP contribution in [0.4, 0.5) is 14.6 Å². The van der Waals surface area contributed by atoms with Crippen molar-refractivity contribution in [2.45, 2.75) is 25.8 Å². The van der Waals surface area contributed by atoms with Gasteiger partial charge in [0.05, 0.1) is 5.56 Å². The molecule has 0 aliphatic carbocycles. The van der Waals surface area contributed by atoms with Gasteiger partial charge in [-0.2, -0.15) is 0 Å². The number of nitrogens with two attached hydrogens (primary N) is 1. The van der Waals surface area contributed by atoms with Gasteiger partial charge in [-0.15, -0.1) is 0 Å². The maximum Gasteiger partial charge on any atom is 0.252 e. The summed E-state index contributed by atoms with van der Waals surface area (Å²) in [7, 11) is 0. The van der Waals surface area contributed by atoms with Gasteiger partial charge in [-0.05, 0) is 37.0 Å². The maximum atomic E-state index is 13.4.